The monoisotopic (exact) mass is 172 g/mol. The van der Waals surface area contributed by atoms with Gasteiger partial charge in [0.15, 0.2) is 5.79 Å². The van der Waals surface area contributed by atoms with Crippen LogP contribution < -0.4 is 0 Å². The van der Waals surface area contributed by atoms with Crippen LogP contribution in [0.1, 0.15) is 13.8 Å². The molecular formula is C5H10Cl2O2. The highest BCUT2D eigenvalue weighted by atomic mass is 35.5. The van der Waals surface area contributed by atoms with Crippen LogP contribution in [0.3, 0.4) is 0 Å². The van der Waals surface area contributed by atoms with Crippen molar-refractivity contribution >= 4 is 23.2 Å². The normalized spacial score (nSPS) is 15.7. The van der Waals surface area contributed by atoms with Crippen LogP contribution in [0.15, 0.2) is 0 Å². The topological polar surface area (TPSA) is 29.5 Å². The van der Waals surface area contributed by atoms with E-state index in [1.165, 1.54) is 13.8 Å². The average Bonchev–Trinajstić information content (AvgIpc) is 1.62. The Labute approximate surface area is 64.7 Å². The molecule has 0 radical (unpaired) electrons. The van der Waals surface area contributed by atoms with E-state index in [0.717, 1.165) is 0 Å². The number of hydrogen-bond donors (Lipinski definition) is 1. The zero-order chi connectivity index (χ0) is 7.49. The lowest BCUT2D eigenvalue weighted by atomic mass is 10.4. The van der Waals surface area contributed by atoms with Gasteiger partial charge in [0, 0.05) is 0 Å². The minimum atomic E-state index is -1.19. The quantitative estimate of drug-likeness (QED) is 0.518. The molecule has 0 aliphatic heterocycles. The zero-order valence-electron chi connectivity index (χ0n) is 5.40. The Morgan fingerprint density at radius 3 is 2.22 bits per heavy atom. The molecule has 0 bridgehead atoms. The summed E-state index contributed by atoms with van der Waals surface area (Å²) in [7, 11) is 0. The second-order valence-corrected chi connectivity index (χ2v) is 2.92. The minimum Gasteiger partial charge on any atom is -0.366 e. The van der Waals surface area contributed by atoms with Gasteiger partial charge < -0.3 is 9.84 Å². The molecule has 0 aliphatic rings. The van der Waals surface area contributed by atoms with E-state index in [4.69, 9.17) is 33.0 Å². The Morgan fingerprint density at radius 2 is 2.11 bits per heavy atom. The highest BCUT2D eigenvalue weighted by Crippen LogP contribution is 2.11. The Morgan fingerprint density at radius 1 is 1.67 bits per heavy atom. The maximum absolute atomic E-state index is 8.95. The van der Waals surface area contributed by atoms with E-state index in [0.29, 0.717) is 0 Å². The Balaban J connectivity index is 3.47. The van der Waals surface area contributed by atoms with Crippen molar-refractivity contribution in [2.45, 2.75) is 25.2 Å². The Kier molecular flexibility index (Phi) is 3.82. The molecule has 0 aromatic heterocycles. The third-order valence-electron chi connectivity index (χ3n) is 0.538. The lowest BCUT2D eigenvalue weighted by Gasteiger charge is -2.20. The first-order valence-corrected chi connectivity index (χ1v) is 3.53. The van der Waals surface area contributed by atoms with Gasteiger partial charge in [0.2, 0.25) is 0 Å². The highest BCUT2D eigenvalue weighted by molar-refractivity contribution is 6.27. The van der Waals surface area contributed by atoms with Crippen molar-refractivity contribution in [1.29, 1.82) is 0 Å². The van der Waals surface area contributed by atoms with Crippen molar-refractivity contribution in [3.63, 3.8) is 0 Å². The number of halogens is 2. The third kappa shape index (κ3) is 6.38. The molecule has 0 saturated heterocycles. The van der Waals surface area contributed by atoms with E-state index in [-0.39, 0.29) is 5.88 Å². The molecule has 1 atom stereocenters. The van der Waals surface area contributed by atoms with Crippen LogP contribution in [0.4, 0.5) is 0 Å². The van der Waals surface area contributed by atoms with Gasteiger partial charge >= 0.3 is 0 Å². The van der Waals surface area contributed by atoms with Gasteiger partial charge in [-0.3, -0.25) is 0 Å². The summed E-state index contributed by atoms with van der Waals surface area (Å²) in [6, 6.07) is 0. The number of hydrogen-bond acceptors (Lipinski definition) is 2. The van der Waals surface area contributed by atoms with Crippen molar-refractivity contribution in [2.75, 3.05) is 5.88 Å². The summed E-state index contributed by atoms with van der Waals surface area (Å²) in [5, 5.41) is 8.95. The minimum absolute atomic E-state index is 0.172. The van der Waals surface area contributed by atoms with Gasteiger partial charge in [-0.1, -0.05) is 11.6 Å². The standard InChI is InChI=1S/C5H10Cl2O2/c1-5(2,8)9-4(7)3-6/h4,8H,3H2,1-2H3. The van der Waals surface area contributed by atoms with E-state index < -0.39 is 11.4 Å². The van der Waals surface area contributed by atoms with Crippen molar-refractivity contribution < 1.29 is 9.84 Å². The van der Waals surface area contributed by atoms with Crippen LogP contribution in [0, 0.1) is 0 Å². The lowest BCUT2D eigenvalue weighted by Crippen LogP contribution is -2.28. The van der Waals surface area contributed by atoms with E-state index in [1.807, 2.05) is 0 Å². The van der Waals surface area contributed by atoms with Gasteiger partial charge in [0.1, 0.15) is 5.56 Å². The van der Waals surface area contributed by atoms with Crippen LogP contribution in [0.2, 0.25) is 0 Å². The Hall–Kier alpha value is 0.500. The summed E-state index contributed by atoms with van der Waals surface area (Å²) in [4.78, 5) is 0. The first kappa shape index (κ1) is 9.50. The summed E-state index contributed by atoms with van der Waals surface area (Å²) in [5.41, 5.74) is -0.619. The number of ether oxygens (including phenoxy) is 1. The number of rotatable bonds is 3. The molecule has 4 heteroatoms. The van der Waals surface area contributed by atoms with Crippen LogP contribution in [-0.2, 0) is 4.74 Å². The molecule has 0 heterocycles. The van der Waals surface area contributed by atoms with E-state index in [1.54, 1.807) is 0 Å². The molecule has 2 nitrogen and oxygen atoms in total. The molecule has 9 heavy (non-hydrogen) atoms. The van der Waals surface area contributed by atoms with Gasteiger partial charge in [0.25, 0.3) is 0 Å². The molecule has 56 valence electrons. The smallest absolute Gasteiger partial charge is 0.161 e. The van der Waals surface area contributed by atoms with Gasteiger partial charge in [0.05, 0.1) is 5.88 Å². The first-order valence-electron chi connectivity index (χ1n) is 2.56. The predicted octanol–water partition coefficient (Wildman–Crippen LogP) is 1.54. The summed E-state index contributed by atoms with van der Waals surface area (Å²) < 4.78 is 4.78. The molecule has 1 N–H and O–H groups in total. The van der Waals surface area contributed by atoms with Crippen LogP contribution in [-0.4, -0.2) is 22.3 Å². The number of aliphatic hydroxyl groups is 1. The van der Waals surface area contributed by atoms with Crippen LogP contribution >= 0.6 is 23.2 Å². The van der Waals surface area contributed by atoms with E-state index in [9.17, 15) is 0 Å². The first-order chi connectivity index (χ1) is 3.95. The van der Waals surface area contributed by atoms with Gasteiger partial charge in [-0.2, -0.15) is 0 Å². The van der Waals surface area contributed by atoms with E-state index in [2.05, 4.69) is 0 Å². The summed E-state index contributed by atoms with van der Waals surface area (Å²) in [5.74, 6) is -1.02. The van der Waals surface area contributed by atoms with Gasteiger partial charge in [-0.25, -0.2) is 0 Å². The molecular weight excluding hydrogens is 163 g/mol. The van der Waals surface area contributed by atoms with Gasteiger partial charge in [-0.15, -0.1) is 11.6 Å². The second-order valence-electron chi connectivity index (χ2n) is 2.13. The van der Waals surface area contributed by atoms with Crippen molar-refractivity contribution in [3.8, 4) is 0 Å². The molecule has 0 aromatic rings. The van der Waals surface area contributed by atoms with Gasteiger partial charge in [-0.05, 0) is 13.8 Å². The molecule has 0 aliphatic carbocycles. The van der Waals surface area contributed by atoms with E-state index >= 15 is 0 Å². The number of alkyl halides is 2. The summed E-state index contributed by atoms with van der Waals surface area (Å²) >= 11 is 10.7. The van der Waals surface area contributed by atoms with Crippen LogP contribution in [0.5, 0.6) is 0 Å². The third-order valence-corrected chi connectivity index (χ3v) is 1.22. The average molecular weight is 173 g/mol. The summed E-state index contributed by atoms with van der Waals surface area (Å²) in [6.07, 6.45) is 0. The zero-order valence-corrected chi connectivity index (χ0v) is 6.91. The summed E-state index contributed by atoms with van der Waals surface area (Å²) in [6.45, 7) is 2.99. The fourth-order valence-corrected chi connectivity index (χ4v) is 0.625. The molecule has 0 fully saturated rings. The SMILES string of the molecule is CC(C)(O)OC(Cl)CCl. The maximum Gasteiger partial charge on any atom is 0.161 e. The molecule has 0 rings (SSSR count). The van der Waals surface area contributed by atoms with Crippen molar-refractivity contribution in [2.24, 2.45) is 0 Å². The largest absolute Gasteiger partial charge is 0.366 e. The molecule has 0 aromatic carbocycles. The van der Waals surface area contributed by atoms with Crippen LogP contribution in [0.25, 0.3) is 0 Å². The van der Waals surface area contributed by atoms with Crippen molar-refractivity contribution in [3.05, 3.63) is 0 Å². The molecule has 0 amide bonds. The fourth-order valence-electron chi connectivity index (χ4n) is 0.344. The fraction of sp³-hybridized carbons (Fsp3) is 1.00. The highest BCUT2D eigenvalue weighted by Gasteiger charge is 2.17. The predicted molar refractivity (Wildman–Crippen MR) is 37.7 cm³/mol. The molecule has 0 spiro atoms. The lowest BCUT2D eigenvalue weighted by molar-refractivity contribution is -0.182. The second kappa shape index (κ2) is 3.62. The van der Waals surface area contributed by atoms with Crippen molar-refractivity contribution in [1.82, 2.24) is 0 Å². The Bertz CT molecular complexity index is 79.5. The maximum atomic E-state index is 8.95. The molecule has 1 unspecified atom stereocenters. The molecule has 0 saturated carbocycles.